The van der Waals surface area contributed by atoms with Crippen LogP contribution in [0.5, 0.6) is 0 Å². The van der Waals surface area contributed by atoms with E-state index < -0.39 is 0 Å². The lowest BCUT2D eigenvalue weighted by Gasteiger charge is -2.31. The Bertz CT molecular complexity index is 264. The zero-order valence-corrected chi connectivity index (χ0v) is 9.52. The van der Waals surface area contributed by atoms with Crippen LogP contribution < -0.4 is 5.32 Å². The van der Waals surface area contributed by atoms with Crippen LogP contribution in [0, 0.1) is 5.92 Å². The van der Waals surface area contributed by atoms with Gasteiger partial charge in [0.15, 0.2) is 0 Å². The van der Waals surface area contributed by atoms with Gasteiger partial charge in [-0.25, -0.2) is 0 Å². The lowest BCUT2D eigenvalue weighted by molar-refractivity contribution is -0.141. The number of amides is 2. The Labute approximate surface area is 93.8 Å². The minimum absolute atomic E-state index is 0.0280. The molecule has 0 aromatic heterocycles. The van der Waals surface area contributed by atoms with E-state index in [9.17, 15) is 9.59 Å². The molecule has 0 aromatic rings. The predicted octanol–water partition coefficient (Wildman–Crippen LogP) is 0.0880. The molecule has 84 valence electrons. The third kappa shape index (κ3) is 2.87. The lowest BCUT2D eigenvalue weighted by Crippen LogP contribution is -2.52. The first-order valence-corrected chi connectivity index (χ1v) is 6.53. The van der Waals surface area contributed by atoms with Crippen LogP contribution in [0.3, 0.4) is 0 Å². The zero-order valence-electron chi connectivity index (χ0n) is 8.70. The van der Waals surface area contributed by atoms with Crippen LogP contribution in [0.2, 0.25) is 0 Å². The van der Waals surface area contributed by atoms with Gasteiger partial charge in [0.05, 0.1) is 13.1 Å². The summed E-state index contributed by atoms with van der Waals surface area (Å²) in [6.07, 6.45) is 2.35. The second kappa shape index (κ2) is 4.88. The third-order valence-electron chi connectivity index (χ3n) is 2.94. The van der Waals surface area contributed by atoms with Crippen molar-refractivity contribution in [2.75, 3.05) is 31.1 Å². The van der Waals surface area contributed by atoms with Crippen LogP contribution in [-0.2, 0) is 9.59 Å². The highest BCUT2D eigenvalue weighted by atomic mass is 32.2. The van der Waals surface area contributed by atoms with E-state index in [0.717, 1.165) is 6.54 Å². The van der Waals surface area contributed by atoms with Gasteiger partial charge in [-0.3, -0.25) is 9.59 Å². The van der Waals surface area contributed by atoms with Crippen LogP contribution >= 0.6 is 11.8 Å². The number of nitrogens with zero attached hydrogens (tertiary/aromatic N) is 1. The average Bonchev–Trinajstić information content (AvgIpc) is 2.25. The summed E-state index contributed by atoms with van der Waals surface area (Å²) >= 11 is 1.98. The highest BCUT2D eigenvalue weighted by Crippen LogP contribution is 2.23. The van der Waals surface area contributed by atoms with Crippen molar-refractivity contribution in [1.82, 2.24) is 10.2 Å². The maximum Gasteiger partial charge on any atom is 0.242 e. The molecule has 0 unspecified atom stereocenters. The second-order valence-corrected chi connectivity index (χ2v) is 5.33. The number of hydrogen-bond donors (Lipinski definition) is 1. The van der Waals surface area contributed by atoms with E-state index in [1.54, 1.807) is 4.90 Å². The number of nitrogens with one attached hydrogen (secondary N) is 1. The van der Waals surface area contributed by atoms with Crippen LogP contribution in [0.15, 0.2) is 0 Å². The first-order valence-electron chi connectivity index (χ1n) is 5.38. The van der Waals surface area contributed by atoms with E-state index >= 15 is 0 Å². The fraction of sp³-hybridized carbons (Fsp3) is 0.800. The third-order valence-corrected chi connectivity index (χ3v) is 3.99. The van der Waals surface area contributed by atoms with E-state index in [1.807, 2.05) is 11.8 Å². The van der Waals surface area contributed by atoms with Gasteiger partial charge in [-0.05, 0) is 30.3 Å². The molecule has 1 N–H and O–H groups in total. The molecule has 2 heterocycles. The van der Waals surface area contributed by atoms with E-state index in [1.165, 1.54) is 24.3 Å². The molecule has 4 nitrogen and oxygen atoms in total. The molecule has 0 atom stereocenters. The van der Waals surface area contributed by atoms with E-state index in [4.69, 9.17) is 0 Å². The largest absolute Gasteiger partial charge is 0.345 e. The molecule has 0 spiro atoms. The van der Waals surface area contributed by atoms with Crippen LogP contribution in [-0.4, -0.2) is 47.9 Å². The van der Waals surface area contributed by atoms with Gasteiger partial charge in [0, 0.05) is 6.54 Å². The Morgan fingerprint density at radius 1 is 1.33 bits per heavy atom. The fourth-order valence-corrected chi connectivity index (χ4v) is 3.21. The van der Waals surface area contributed by atoms with Crippen LogP contribution in [0.1, 0.15) is 12.8 Å². The van der Waals surface area contributed by atoms with Crippen molar-refractivity contribution in [2.45, 2.75) is 12.8 Å². The predicted molar refractivity (Wildman–Crippen MR) is 59.6 cm³/mol. The van der Waals surface area contributed by atoms with E-state index in [0.29, 0.717) is 5.92 Å². The van der Waals surface area contributed by atoms with Crippen molar-refractivity contribution in [3.05, 3.63) is 0 Å². The van der Waals surface area contributed by atoms with Gasteiger partial charge in [0.1, 0.15) is 0 Å². The van der Waals surface area contributed by atoms with Crippen molar-refractivity contribution in [3.63, 3.8) is 0 Å². The van der Waals surface area contributed by atoms with Gasteiger partial charge >= 0.3 is 0 Å². The Morgan fingerprint density at radius 2 is 2.07 bits per heavy atom. The molecule has 2 aliphatic rings. The summed E-state index contributed by atoms with van der Waals surface area (Å²) in [4.78, 5) is 24.4. The number of hydrogen-bond acceptors (Lipinski definition) is 3. The van der Waals surface area contributed by atoms with Crippen molar-refractivity contribution >= 4 is 23.6 Å². The number of thioether (sulfide) groups is 1. The highest BCUT2D eigenvalue weighted by molar-refractivity contribution is 7.99. The molecule has 2 saturated heterocycles. The minimum atomic E-state index is -0.0280. The number of piperazine rings is 1. The van der Waals surface area contributed by atoms with Gasteiger partial charge < -0.3 is 10.2 Å². The summed E-state index contributed by atoms with van der Waals surface area (Å²) in [6.45, 7) is 1.20. The summed E-state index contributed by atoms with van der Waals surface area (Å²) in [5.41, 5.74) is 0. The topological polar surface area (TPSA) is 49.4 Å². The molecule has 0 radical (unpaired) electrons. The average molecular weight is 228 g/mol. The molecule has 0 bridgehead atoms. The summed E-state index contributed by atoms with van der Waals surface area (Å²) in [6, 6.07) is 0. The Hall–Kier alpha value is -0.710. The van der Waals surface area contributed by atoms with Crippen molar-refractivity contribution in [1.29, 1.82) is 0 Å². The summed E-state index contributed by atoms with van der Waals surface area (Å²) in [7, 11) is 0. The van der Waals surface area contributed by atoms with Crippen LogP contribution in [0.4, 0.5) is 0 Å². The zero-order chi connectivity index (χ0) is 10.7. The molecule has 2 amide bonds. The first-order chi connectivity index (χ1) is 7.25. The van der Waals surface area contributed by atoms with E-state index in [-0.39, 0.29) is 24.9 Å². The maximum atomic E-state index is 11.5. The summed E-state index contributed by atoms with van der Waals surface area (Å²) in [5.74, 6) is 3.02. The molecular formula is C10H16N2O2S. The molecule has 0 aromatic carbocycles. The Morgan fingerprint density at radius 3 is 2.80 bits per heavy atom. The molecule has 2 fully saturated rings. The van der Waals surface area contributed by atoms with E-state index in [2.05, 4.69) is 5.32 Å². The van der Waals surface area contributed by atoms with Gasteiger partial charge in [-0.15, -0.1) is 0 Å². The molecule has 0 aliphatic carbocycles. The maximum absolute atomic E-state index is 11.5. The first kappa shape index (κ1) is 10.8. The quantitative estimate of drug-likeness (QED) is 0.728. The fourth-order valence-electron chi connectivity index (χ4n) is 2.01. The summed E-state index contributed by atoms with van der Waals surface area (Å²) < 4.78 is 0. The second-order valence-electron chi connectivity index (χ2n) is 4.11. The number of rotatable bonds is 2. The Kier molecular flexibility index (Phi) is 3.51. The lowest BCUT2D eigenvalue weighted by atomic mass is 10.0. The molecule has 2 rings (SSSR count). The number of carbonyl (C=O) groups excluding carboxylic acids is 2. The smallest absolute Gasteiger partial charge is 0.242 e. The van der Waals surface area contributed by atoms with Crippen molar-refractivity contribution in [3.8, 4) is 0 Å². The molecule has 15 heavy (non-hydrogen) atoms. The standard InChI is InChI=1S/C10H16N2O2S/c13-9-7-12(10(14)5-11-9)6-8-1-3-15-4-2-8/h8H,1-7H2,(H,11,13). The Balaban J connectivity index is 1.85. The van der Waals surface area contributed by atoms with Gasteiger partial charge in [0.25, 0.3) is 0 Å². The molecule has 0 saturated carbocycles. The normalized spacial score (nSPS) is 24.1. The molecule has 5 heteroatoms. The molecular weight excluding hydrogens is 212 g/mol. The number of carbonyl (C=O) groups is 2. The van der Waals surface area contributed by atoms with Gasteiger partial charge in [-0.1, -0.05) is 0 Å². The monoisotopic (exact) mass is 228 g/mol. The van der Waals surface area contributed by atoms with Gasteiger partial charge in [0.2, 0.25) is 11.8 Å². The summed E-state index contributed by atoms with van der Waals surface area (Å²) in [5, 5.41) is 2.56. The van der Waals surface area contributed by atoms with Crippen LogP contribution in [0.25, 0.3) is 0 Å². The van der Waals surface area contributed by atoms with Crippen molar-refractivity contribution in [2.24, 2.45) is 5.92 Å². The minimum Gasteiger partial charge on any atom is -0.345 e. The highest BCUT2D eigenvalue weighted by Gasteiger charge is 2.26. The van der Waals surface area contributed by atoms with Crippen molar-refractivity contribution < 1.29 is 9.59 Å². The SMILES string of the molecule is O=C1CN(CC2CCSCC2)C(=O)CN1. The van der Waals surface area contributed by atoms with Gasteiger partial charge in [-0.2, -0.15) is 11.8 Å². The molecule has 2 aliphatic heterocycles.